The van der Waals surface area contributed by atoms with Crippen LogP contribution in [0.5, 0.6) is 0 Å². The molecule has 3 nitrogen and oxygen atoms in total. The molecule has 88 valence electrons. The number of anilines is 1. The van der Waals surface area contributed by atoms with Gasteiger partial charge in [0, 0.05) is 25.2 Å². The summed E-state index contributed by atoms with van der Waals surface area (Å²) in [6, 6.07) is 4.42. The van der Waals surface area contributed by atoms with Crippen molar-refractivity contribution < 1.29 is 9.18 Å². The minimum Gasteiger partial charge on any atom is -0.327 e. The van der Waals surface area contributed by atoms with E-state index in [4.69, 9.17) is 5.73 Å². The van der Waals surface area contributed by atoms with Gasteiger partial charge in [-0.1, -0.05) is 0 Å². The molecule has 1 aromatic carbocycles. The molecule has 1 aromatic rings. The Morgan fingerprint density at radius 3 is 2.69 bits per heavy atom. The van der Waals surface area contributed by atoms with Crippen molar-refractivity contribution in [2.45, 2.75) is 26.3 Å². The highest BCUT2D eigenvalue weighted by atomic mass is 19.1. The van der Waals surface area contributed by atoms with Crippen LogP contribution in [0.4, 0.5) is 10.1 Å². The van der Waals surface area contributed by atoms with Crippen LogP contribution in [0.25, 0.3) is 0 Å². The number of halogens is 1. The third-order valence-electron chi connectivity index (χ3n) is 2.40. The highest BCUT2D eigenvalue weighted by molar-refractivity contribution is 5.93. The highest BCUT2D eigenvalue weighted by Gasteiger charge is 2.13. The monoisotopic (exact) mass is 224 g/mol. The maximum Gasteiger partial charge on any atom is 0.228 e. The fourth-order valence-corrected chi connectivity index (χ4v) is 1.39. The van der Waals surface area contributed by atoms with E-state index < -0.39 is 0 Å². The number of carbonyl (C=O) groups excluding carboxylic acids is 1. The average molecular weight is 224 g/mol. The number of hydrogen-bond acceptors (Lipinski definition) is 2. The van der Waals surface area contributed by atoms with E-state index >= 15 is 0 Å². The molecule has 0 radical (unpaired) electrons. The first-order valence-electron chi connectivity index (χ1n) is 5.20. The van der Waals surface area contributed by atoms with Gasteiger partial charge in [0.15, 0.2) is 0 Å². The molecular weight excluding hydrogens is 207 g/mol. The Morgan fingerprint density at radius 2 is 2.19 bits per heavy atom. The van der Waals surface area contributed by atoms with Crippen molar-refractivity contribution in [2.24, 2.45) is 5.73 Å². The minimum absolute atomic E-state index is 0.0685. The van der Waals surface area contributed by atoms with Crippen LogP contribution in [-0.4, -0.2) is 19.0 Å². The molecule has 4 heteroatoms. The quantitative estimate of drug-likeness (QED) is 0.851. The van der Waals surface area contributed by atoms with E-state index in [1.165, 1.54) is 11.0 Å². The van der Waals surface area contributed by atoms with Crippen molar-refractivity contribution in [3.05, 3.63) is 29.6 Å². The zero-order chi connectivity index (χ0) is 12.3. The summed E-state index contributed by atoms with van der Waals surface area (Å²) in [4.78, 5) is 13.2. The van der Waals surface area contributed by atoms with E-state index in [9.17, 15) is 9.18 Å². The van der Waals surface area contributed by atoms with Crippen molar-refractivity contribution in [3.63, 3.8) is 0 Å². The number of carbonyl (C=O) groups is 1. The standard InChI is InChI=1S/C12H17FN2O/c1-8-6-10(4-5-11(8)13)15(3)12(16)7-9(2)14/h4-6,9H,7,14H2,1-3H3. The topological polar surface area (TPSA) is 46.3 Å². The van der Waals surface area contributed by atoms with Crippen molar-refractivity contribution in [3.8, 4) is 0 Å². The van der Waals surface area contributed by atoms with Gasteiger partial charge in [-0.05, 0) is 37.6 Å². The molecule has 0 aliphatic heterocycles. The van der Waals surface area contributed by atoms with Gasteiger partial charge in [-0.25, -0.2) is 4.39 Å². The van der Waals surface area contributed by atoms with Gasteiger partial charge in [0.05, 0.1) is 0 Å². The van der Waals surface area contributed by atoms with E-state index in [2.05, 4.69) is 0 Å². The van der Waals surface area contributed by atoms with E-state index in [1.54, 1.807) is 33.0 Å². The van der Waals surface area contributed by atoms with E-state index in [0.29, 0.717) is 11.3 Å². The molecule has 0 saturated heterocycles. The molecule has 0 spiro atoms. The molecule has 16 heavy (non-hydrogen) atoms. The average Bonchev–Trinajstić information content (AvgIpc) is 2.20. The number of benzene rings is 1. The number of rotatable bonds is 3. The number of amides is 1. The molecule has 1 rings (SSSR count). The summed E-state index contributed by atoms with van der Waals surface area (Å²) in [5.74, 6) is -0.335. The lowest BCUT2D eigenvalue weighted by Gasteiger charge is -2.19. The Labute approximate surface area is 95.0 Å². The molecule has 1 amide bonds. The fourth-order valence-electron chi connectivity index (χ4n) is 1.39. The molecular formula is C12H17FN2O. The largest absolute Gasteiger partial charge is 0.327 e. The second-order valence-electron chi connectivity index (χ2n) is 4.07. The Morgan fingerprint density at radius 1 is 1.56 bits per heavy atom. The van der Waals surface area contributed by atoms with Gasteiger partial charge < -0.3 is 10.6 Å². The van der Waals surface area contributed by atoms with Crippen LogP contribution >= 0.6 is 0 Å². The Bertz CT molecular complexity index is 391. The normalized spacial score (nSPS) is 12.3. The predicted octanol–water partition coefficient (Wildman–Crippen LogP) is 1.83. The molecule has 0 bridgehead atoms. The van der Waals surface area contributed by atoms with Gasteiger partial charge in [-0.3, -0.25) is 4.79 Å². The maximum atomic E-state index is 13.0. The zero-order valence-corrected chi connectivity index (χ0v) is 9.83. The molecule has 0 aromatic heterocycles. The smallest absolute Gasteiger partial charge is 0.228 e. The molecule has 1 unspecified atom stereocenters. The molecule has 0 aliphatic carbocycles. The minimum atomic E-state index is -0.267. The van der Waals surface area contributed by atoms with Crippen LogP contribution < -0.4 is 10.6 Å². The first kappa shape index (κ1) is 12.6. The second-order valence-corrected chi connectivity index (χ2v) is 4.07. The molecule has 0 fully saturated rings. The maximum absolute atomic E-state index is 13.0. The number of nitrogens with zero attached hydrogens (tertiary/aromatic N) is 1. The summed E-state index contributed by atoms with van der Waals surface area (Å²) in [7, 11) is 1.66. The van der Waals surface area contributed by atoms with Crippen LogP contribution in [0.15, 0.2) is 18.2 Å². The number of aryl methyl sites for hydroxylation is 1. The summed E-state index contributed by atoms with van der Waals surface area (Å²) in [5, 5.41) is 0. The van der Waals surface area contributed by atoms with Crippen molar-refractivity contribution in [1.29, 1.82) is 0 Å². The molecule has 1 atom stereocenters. The van der Waals surface area contributed by atoms with Gasteiger partial charge >= 0.3 is 0 Å². The van der Waals surface area contributed by atoms with E-state index in [1.807, 2.05) is 0 Å². The Balaban J connectivity index is 2.83. The summed E-state index contributed by atoms with van der Waals surface area (Å²) in [6.07, 6.45) is 0.285. The summed E-state index contributed by atoms with van der Waals surface area (Å²) in [6.45, 7) is 3.45. The number of nitrogens with two attached hydrogens (primary N) is 1. The predicted molar refractivity (Wildman–Crippen MR) is 62.8 cm³/mol. The second kappa shape index (κ2) is 5.07. The third-order valence-corrected chi connectivity index (χ3v) is 2.40. The lowest BCUT2D eigenvalue weighted by molar-refractivity contribution is -0.118. The zero-order valence-electron chi connectivity index (χ0n) is 9.83. The van der Waals surface area contributed by atoms with Crippen molar-refractivity contribution >= 4 is 11.6 Å². The van der Waals surface area contributed by atoms with Gasteiger partial charge in [0.1, 0.15) is 5.82 Å². The third kappa shape index (κ3) is 3.03. The molecule has 0 heterocycles. The van der Waals surface area contributed by atoms with Gasteiger partial charge in [0.25, 0.3) is 0 Å². The number of hydrogen-bond donors (Lipinski definition) is 1. The van der Waals surface area contributed by atoms with E-state index in [-0.39, 0.29) is 24.2 Å². The Hall–Kier alpha value is -1.42. The highest BCUT2D eigenvalue weighted by Crippen LogP contribution is 2.17. The van der Waals surface area contributed by atoms with E-state index in [0.717, 1.165) is 0 Å². The molecule has 2 N–H and O–H groups in total. The first-order chi connectivity index (χ1) is 7.41. The Kier molecular flexibility index (Phi) is 4.01. The van der Waals surface area contributed by atoms with Crippen LogP contribution in [0.1, 0.15) is 18.9 Å². The van der Waals surface area contributed by atoms with Gasteiger partial charge in [-0.2, -0.15) is 0 Å². The van der Waals surface area contributed by atoms with Crippen LogP contribution in [0, 0.1) is 12.7 Å². The van der Waals surface area contributed by atoms with Crippen LogP contribution in [0.3, 0.4) is 0 Å². The molecule has 0 aliphatic rings. The van der Waals surface area contributed by atoms with Crippen molar-refractivity contribution in [2.75, 3.05) is 11.9 Å². The lowest BCUT2D eigenvalue weighted by Crippen LogP contribution is -2.31. The van der Waals surface area contributed by atoms with Crippen LogP contribution in [-0.2, 0) is 4.79 Å². The van der Waals surface area contributed by atoms with Crippen molar-refractivity contribution in [1.82, 2.24) is 0 Å². The summed E-state index contributed by atoms with van der Waals surface area (Å²) < 4.78 is 13.0. The van der Waals surface area contributed by atoms with Gasteiger partial charge in [-0.15, -0.1) is 0 Å². The molecule has 0 saturated carbocycles. The SMILES string of the molecule is Cc1cc(N(C)C(=O)CC(C)N)ccc1F. The summed E-state index contributed by atoms with van der Waals surface area (Å²) in [5.41, 5.74) is 6.77. The lowest BCUT2D eigenvalue weighted by atomic mass is 10.1. The van der Waals surface area contributed by atoms with Gasteiger partial charge in [0.2, 0.25) is 5.91 Å². The van der Waals surface area contributed by atoms with Crippen LogP contribution in [0.2, 0.25) is 0 Å². The first-order valence-corrected chi connectivity index (χ1v) is 5.20. The summed E-state index contributed by atoms with van der Waals surface area (Å²) >= 11 is 0. The fraction of sp³-hybridized carbons (Fsp3) is 0.417.